The van der Waals surface area contributed by atoms with Gasteiger partial charge in [0, 0.05) is 23.7 Å². The van der Waals surface area contributed by atoms with Crippen molar-refractivity contribution >= 4 is 45.9 Å². The highest BCUT2D eigenvalue weighted by Crippen LogP contribution is 2.17. The molecule has 0 aliphatic carbocycles. The van der Waals surface area contributed by atoms with Crippen LogP contribution >= 0.6 is 34.8 Å². The summed E-state index contributed by atoms with van der Waals surface area (Å²) in [7, 11) is 0. The maximum absolute atomic E-state index is 10.2. The van der Waals surface area contributed by atoms with Gasteiger partial charge in [0.2, 0.25) is 0 Å². The second-order valence-corrected chi connectivity index (χ2v) is 3.31. The Morgan fingerprint density at radius 3 is 2.06 bits per heavy atom. The number of nitro benzene ring substituents is 1. The number of hydrogen-bond acceptors (Lipinski definition) is 4. The maximum Gasteiger partial charge on any atom is 0.409 e. The Morgan fingerprint density at radius 1 is 1.31 bits per heavy atom. The van der Waals surface area contributed by atoms with Gasteiger partial charge in [-0.05, 0) is 12.1 Å². The lowest BCUT2D eigenvalue weighted by molar-refractivity contribution is -0.384. The zero-order valence-corrected chi connectivity index (χ0v) is 10.00. The van der Waals surface area contributed by atoms with Gasteiger partial charge < -0.3 is 4.74 Å². The number of rotatable bonds is 2. The van der Waals surface area contributed by atoms with Crippen LogP contribution in [0.5, 0.6) is 5.75 Å². The molecule has 16 heavy (non-hydrogen) atoms. The summed E-state index contributed by atoms with van der Waals surface area (Å²) in [6, 6.07) is 5.02. The van der Waals surface area contributed by atoms with Crippen molar-refractivity contribution in [3.63, 3.8) is 0 Å². The number of carbonyl (C=O) groups excluding carboxylic acids is 1. The summed E-state index contributed by atoms with van der Waals surface area (Å²) in [6.07, 6.45) is 0. The molecule has 0 aromatic heterocycles. The van der Waals surface area contributed by atoms with Gasteiger partial charge in [0.1, 0.15) is 5.75 Å². The van der Waals surface area contributed by atoms with E-state index >= 15 is 0 Å². The zero-order valence-electron chi connectivity index (χ0n) is 7.73. The molecular weight excluding hydrogens is 280 g/mol. The number of ether oxygens (including phenoxy) is 1. The summed E-state index contributed by atoms with van der Waals surface area (Å²) < 4.78 is 4.45. The quantitative estimate of drug-likeness (QED) is 0.359. The summed E-state index contributed by atoms with van der Waals surface area (Å²) in [4.78, 5) is 19.9. The minimum Gasteiger partial charge on any atom is -0.414 e. The summed E-state index contributed by atoms with van der Waals surface area (Å²) in [6.45, 7) is 0. The van der Waals surface area contributed by atoms with E-state index in [2.05, 4.69) is 4.74 Å². The van der Waals surface area contributed by atoms with Gasteiger partial charge >= 0.3 is 5.43 Å². The lowest BCUT2D eigenvalue weighted by atomic mass is 10.3. The number of halogens is 3. The van der Waals surface area contributed by atoms with Crippen LogP contribution in [0.15, 0.2) is 24.3 Å². The van der Waals surface area contributed by atoms with Crippen LogP contribution < -0.4 is 4.74 Å². The van der Waals surface area contributed by atoms with E-state index in [0.29, 0.717) is 0 Å². The first kappa shape index (κ1) is 15.0. The van der Waals surface area contributed by atoms with Crippen LogP contribution in [0.4, 0.5) is 10.5 Å². The van der Waals surface area contributed by atoms with Crippen LogP contribution in [-0.4, -0.2) is 15.7 Å². The first-order chi connectivity index (χ1) is 7.51. The third-order valence-electron chi connectivity index (χ3n) is 1.25. The molecule has 1 aromatic rings. The Morgan fingerprint density at radius 2 is 1.75 bits per heavy atom. The van der Waals surface area contributed by atoms with Crippen LogP contribution in [0.2, 0.25) is 0 Å². The molecule has 0 aliphatic rings. The van der Waals surface area contributed by atoms with Gasteiger partial charge in [-0.3, -0.25) is 10.1 Å². The van der Waals surface area contributed by atoms with Gasteiger partial charge in [-0.2, -0.15) is 0 Å². The fourth-order valence-corrected chi connectivity index (χ4v) is 0.818. The highest BCUT2D eigenvalue weighted by molar-refractivity contribution is 6.61. The molecule has 0 radical (unpaired) electrons. The molecule has 8 heteroatoms. The zero-order chi connectivity index (χ0) is 12.6. The molecule has 0 fully saturated rings. The van der Waals surface area contributed by atoms with Gasteiger partial charge in [0.25, 0.3) is 5.69 Å². The first-order valence-electron chi connectivity index (χ1n) is 3.75. The van der Waals surface area contributed by atoms with Crippen LogP contribution in [0.1, 0.15) is 0 Å². The first-order valence-corrected chi connectivity index (χ1v) is 5.19. The van der Waals surface area contributed by atoms with Gasteiger partial charge in [0.15, 0.2) is 0 Å². The normalized spacial score (nSPS) is 8.69. The van der Waals surface area contributed by atoms with E-state index in [0.717, 1.165) is 0 Å². The van der Waals surface area contributed by atoms with E-state index < -0.39 is 10.4 Å². The van der Waals surface area contributed by atoms with Crippen molar-refractivity contribution in [2.45, 2.75) is 0 Å². The number of benzene rings is 1. The van der Waals surface area contributed by atoms with E-state index in [1.54, 1.807) is 0 Å². The number of hydrogen-bond donors (Lipinski definition) is 0. The molecule has 5 nitrogen and oxygen atoms in total. The average Bonchev–Trinajstić information content (AvgIpc) is 2.18. The van der Waals surface area contributed by atoms with Crippen molar-refractivity contribution in [3.8, 4) is 5.75 Å². The van der Waals surface area contributed by atoms with E-state index in [9.17, 15) is 14.9 Å². The van der Waals surface area contributed by atoms with Crippen molar-refractivity contribution in [1.29, 1.82) is 0 Å². The fraction of sp³-hybridized carbons (Fsp3) is 0.125. The molecule has 0 saturated carbocycles. The van der Waals surface area contributed by atoms with Gasteiger partial charge in [-0.25, -0.2) is 4.79 Å². The molecular formula is C8H6Cl3NO4. The number of nitrogens with zero attached hydrogens (tertiary/aromatic N) is 1. The molecule has 0 unspecified atom stereocenters. The minimum absolute atomic E-state index is 0.0747. The molecule has 0 amide bonds. The predicted octanol–water partition coefficient (Wildman–Crippen LogP) is 3.75. The smallest absolute Gasteiger partial charge is 0.409 e. The van der Waals surface area contributed by atoms with Crippen LogP contribution in [0.25, 0.3) is 0 Å². The molecule has 88 valence electrons. The van der Waals surface area contributed by atoms with Crippen LogP contribution in [0, 0.1) is 10.1 Å². The summed E-state index contributed by atoms with van der Waals surface area (Å²) in [5, 5.41) is 10.4. The summed E-state index contributed by atoms with van der Waals surface area (Å²) in [5.74, 6) is 0.172. The van der Waals surface area contributed by atoms with E-state index in [4.69, 9.17) is 34.8 Å². The summed E-state index contributed by atoms with van der Waals surface area (Å²) >= 11 is 14.4. The van der Waals surface area contributed by atoms with Gasteiger partial charge in [-0.1, -0.05) is 0 Å². The van der Waals surface area contributed by atoms with E-state index in [-0.39, 0.29) is 16.8 Å². The average molecular weight is 286 g/mol. The number of non-ortho nitro benzene ring substituents is 1. The fourth-order valence-electron chi connectivity index (χ4n) is 0.729. The molecule has 0 saturated heterocycles. The van der Waals surface area contributed by atoms with Crippen molar-refractivity contribution in [3.05, 3.63) is 34.4 Å². The Labute approximate surface area is 106 Å². The number of nitro groups is 1. The summed E-state index contributed by atoms with van der Waals surface area (Å²) in [5.41, 5.74) is -1.05. The molecule has 1 aromatic carbocycles. The second kappa shape index (κ2) is 8.15. The molecule has 0 aliphatic heterocycles. The largest absolute Gasteiger partial charge is 0.414 e. The number of alkyl halides is 2. The monoisotopic (exact) mass is 285 g/mol. The molecule has 1 rings (SSSR count). The SMILES string of the molecule is ClCCl.O=C(Cl)Oc1ccc([N+](=O)[O-])cc1. The Bertz CT molecular complexity index is 355. The van der Waals surface area contributed by atoms with Crippen molar-refractivity contribution < 1.29 is 14.5 Å². The maximum atomic E-state index is 10.2. The molecule has 0 heterocycles. The van der Waals surface area contributed by atoms with E-state index in [1.807, 2.05) is 0 Å². The highest BCUT2D eigenvalue weighted by atomic mass is 35.5. The minimum atomic E-state index is -0.978. The van der Waals surface area contributed by atoms with Gasteiger partial charge in [-0.15, -0.1) is 23.2 Å². The highest BCUT2D eigenvalue weighted by Gasteiger charge is 2.05. The van der Waals surface area contributed by atoms with Gasteiger partial charge in [0.05, 0.1) is 10.3 Å². The third-order valence-corrected chi connectivity index (χ3v) is 1.32. The third kappa shape index (κ3) is 6.44. The molecule has 0 N–H and O–H groups in total. The Kier molecular flexibility index (Phi) is 7.62. The molecule has 0 spiro atoms. The van der Waals surface area contributed by atoms with Crippen molar-refractivity contribution in [2.75, 3.05) is 5.34 Å². The lowest BCUT2D eigenvalue weighted by Gasteiger charge is -1.97. The standard InChI is InChI=1S/C7H4ClNO4.CH2Cl2/c8-7(10)13-6-3-1-5(2-4-6)9(11)12;2-1-3/h1-4H;1H2. The Hall–Kier alpha value is -1.04. The molecule has 0 atom stereocenters. The lowest BCUT2D eigenvalue weighted by Crippen LogP contribution is -1.96. The number of carbonyl (C=O) groups is 1. The van der Waals surface area contributed by atoms with E-state index in [1.165, 1.54) is 24.3 Å². The molecule has 0 bridgehead atoms. The van der Waals surface area contributed by atoms with Crippen LogP contribution in [-0.2, 0) is 0 Å². The topological polar surface area (TPSA) is 69.4 Å². The second-order valence-electron chi connectivity index (χ2n) is 2.19. The van der Waals surface area contributed by atoms with Crippen molar-refractivity contribution in [1.82, 2.24) is 0 Å². The van der Waals surface area contributed by atoms with Crippen molar-refractivity contribution in [2.24, 2.45) is 0 Å². The Balaban J connectivity index is 0.000000673. The van der Waals surface area contributed by atoms with Crippen LogP contribution in [0.3, 0.4) is 0 Å². The predicted molar refractivity (Wildman–Crippen MR) is 61.5 cm³/mol.